The van der Waals surface area contributed by atoms with Gasteiger partial charge in [-0.15, -0.1) is 4.33 Å². The van der Waals surface area contributed by atoms with Gasteiger partial charge in [-0.2, -0.15) is 105 Å². The van der Waals surface area contributed by atoms with Gasteiger partial charge < -0.3 is 9.47 Å². The fourth-order valence-electron chi connectivity index (χ4n) is 3.17. The minimum atomic E-state index is -8.89. The predicted octanol–water partition coefficient (Wildman–Crippen LogP) is 9.30. The molecule has 0 fully saturated rings. The van der Waals surface area contributed by atoms with Crippen molar-refractivity contribution in [2.24, 2.45) is 5.92 Å². The Morgan fingerprint density at radius 1 is 0.474 bits per heavy atom. The molecule has 0 aromatic carbocycles. The van der Waals surface area contributed by atoms with Gasteiger partial charge in [-0.25, -0.2) is 22.8 Å². The third-order valence-corrected chi connectivity index (χ3v) is 7.27. The highest BCUT2D eigenvalue weighted by molar-refractivity contribution is 7.94. The second-order valence-corrected chi connectivity index (χ2v) is 11.2. The van der Waals surface area contributed by atoms with Gasteiger partial charge in [0.2, 0.25) is 0 Å². The van der Waals surface area contributed by atoms with E-state index in [1.807, 2.05) is 0 Å². The number of halogens is 28. The van der Waals surface area contributed by atoms with Gasteiger partial charge in [0.1, 0.15) is 0 Å². The maximum Gasteiger partial charge on any atom is 0.385 e. The summed E-state index contributed by atoms with van der Waals surface area (Å²) in [6, 6.07) is 0. The zero-order chi connectivity index (χ0) is 46.3. The van der Waals surface area contributed by atoms with Crippen molar-refractivity contribution in [2.75, 3.05) is 19.0 Å². The molecule has 7 nitrogen and oxygen atoms in total. The minimum Gasteiger partial charge on any atom is -0.459 e. The lowest BCUT2D eigenvalue weighted by Gasteiger charge is -2.42. The lowest BCUT2D eigenvalue weighted by molar-refractivity contribution is -0.447. The molecule has 0 aliphatic carbocycles. The molecular weight excluding hydrogens is 928 g/mol. The van der Waals surface area contributed by atoms with Gasteiger partial charge in [-0.3, -0.25) is 9.59 Å². The van der Waals surface area contributed by atoms with Crippen LogP contribution in [0.25, 0.3) is 0 Å². The molecule has 0 aromatic heterocycles. The molecule has 0 saturated heterocycles. The van der Waals surface area contributed by atoms with E-state index in [1.54, 1.807) is 0 Å². The Bertz CT molecular complexity index is 1390. The van der Waals surface area contributed by atoms with Crippen LogP contribution in [0.3, 0.4) is 0 Å². The normalized spacial score (nSPS) is 16.0. The first-order valence-corrected chi connectivity index (χ1v) is 13.8. The Kier molecular flexibility index (Phi) is 15.9. The Labute approximate surface area is 296 Å². The van der Waals surface area contributed by atoms with Gasteiger partial charge in [0, 0.05) is 17.8 Å². The summed E-state index contributed by atoms with van der Waals surface area (Å²) in [5, 5.41) is 10.8. The molecule has 0 spiro atoms. The summed E-state index contributed by atoms with van der Waals surface area (Å²) in [5.74, 6) is -107. The van der Waals surface area contributed by atoms with E-state index >= 15 is 0 Å². The molecule has 340 valence electrons. The van der Waals surface area contributed by atoms with E-state index in [1.165, 1.54) is 0 Å². The fourth-order valence-corrected chi connectivity index (χ4v) is 3.69. The van der Waals surface area contributed by atoms with E-state index in [-0.39, 0.29) is 0 Å². The van der Waals surface area contributed by atoms with Crippen molar-refractivity contribution >= 4 is 24.0 Å². The number of carbonyl (C=O) groups excluding carboxylic acids is 2. The van der Waals surface area contributed by atoms with Gasteiger partial charge in [0.05, 0.1) is 12.3 Å². The van der Waals surface area contributed by atoms with Crippen LogP contribution in [0.2, 0.25) is 0 Å². The molecule has 1 atom stereocenters. The van der Waals surface area contributed by atoms with Crippen LogP contribution in [0.5, 0.6) is 0 Å². The lowest BCUT2D eigenvalue weighted by Crippen LogP contribution is -2.74. The van der Waals surface area contributed by atoms with Crippen LogP contribution < -0.4 is 0 Å². The van der Waals surface area contributed by atoms with Crippen LogP contribution in [0.15, 0.2) is 0 Å². The predicted molar refractivity (Wildman–Crippen MR) is 119 cm³/mol. The van der Waals surface area contributed by atoms with E-state index in [0.717, 1.165) is 0 Å². The lowest BCUT2D eigenvalue weighted by atomic mass is 9.89. The van der Waals surface area contributed by atoms with Crippen molar-refractivity contribution < 1.29 is 157 Å². The van der Waals surface area contributed by atoms with Crippen molar-refractivity contribution in [2.45, 2.75) is 90.3 Å². The second kappa shape index (κ2) is 16.7. The number of rotatable bonds is 23. The van der Waals surface area contributed by atoms with E-state index in [0.29, 0.717) is 0 Å². The zero-order valence-electron chi connectivity index (χ0n) is 25.4. The number of ether oxygens (including phenoxy) is 2. The SMILES string of the molecule is O=C(CC(CSOOO)C(=O)OCC(F)(F)C(F)(F)C(F)(F)C(F)(F)C(F)(F)C(F)F)OCC(F)(F)C(F)(F)C(F)(F)C(F)(F)C(F)(F)C(F)(F)C(F)(F)C(F)F. The molecule has 0 rings (SSSR count). The molecule has 0 aliphatic rings. The maximum absolute atomic E-state index is 14.0. The second-order valence-electron chi connectivity index (χ2n) is 10.4. The van der Waals surface area contributed by atoms with Crippen molar-refractivity contribution in [3.8, 4) is 0 Å². The van der Waals surface area contributed by atoms with Crippen molar-refractivity contribution in [1.82, 2.24) is 0 Å². The van der Waals surface area contributed by atoms with Crippen LogP contribution >= 0.6 is 12.0 Å². The summed E-state index contributed by atoms with van der Waals surface area (Å²) >= 11 is -0.648. The maximum atomic E-state index is 14.0. The fraction of sp³-hybridized carbons (Fsp3) is 0.905. The number of alkyl halides is 28. The van der Waals surface area contributed by atoms with E-state index in [9.17, 15) is 133 Å². The summed E-state index contributed by atoms with van der Waals surface area (Å²) < 4.78 is 384. The third-order valence-electron chi connectivity index (χ3n) is 6.57. The number of carbonyl (C=O) groups is 2. The molecule has 0 radical (unpaired) electrons. The standard InChI is InChI=1S/C21H12F28O7S/c22-8(23)12(30,31)16(38,39)18(42,43)14(34,35)11(28,29)4-54-7(51)5(2-57-56-55-52)1-6(50)53-3-10(26,27)15(36,37)19(44,45)21(48,49)20(46,47)17(40,41)13(32,33)9(24)25/h5,8-9,52H,1-4H2. The van der Waals surface area contributed by atoms with E-state index in [2.05, 4.69) is 18.8 Å². The van der Waals surface area contributed by atoms with Crippen molar-refractivity contribution in [3.05, 3.63) is 0 Å². The number of hydrogen-bond donors (Lipinski definition) is 1. The largest absolute Gasteiger partial charge is 0.459 e. The summed E-state index contributed by atoms with van der Waals surface area (Å²) in [5.41, 5.74) is 0. The summed E-state index contributed by atoms with van der Waals surface area (Å²) in [6.45, 7) is -7.64. The Morgan fingerprint density at radius 2 is 0.772 bits per heavy atom. The Hall–Kier alpha value is -2.79. The number of esters is 2. The third kappa shape index (κ3) is 9.04. The smallest absolute Gasteiger partial charge is 0.385 e. The van der Waals surface area contributed by atoms with Crippen LogP contribution in [0.1, 0.15) is 6.42 Å². The summed E-state index contributed by atoms with van der Waals surface area (Å²) in [6.07, 6.45) is -14.5. The molecular formula is C21H12F28O7S. The first kappa shape index (κ1) is 54.2. The summed E-state index contributed by atoms with van der Waals surface area (Å²) in [4.78, 5) is 23.8. The zero-order valence-corrected chi connectivity index (χ0v) is 26.3. The highest BCUT2D eigenvalue weighted by Crippen LogP contribution is 2.63. The van der Waals surface area contributed by atoms with E-state index < -0.39 is 139 Å². The molecule has 57 heavy (non-hydrogen) atoms. The van der Waals surface area contributed by atoms with Crippen molar-refractivity contribution in [1.29, 1.82) is 0 Å². The molecule has 0 bridgehead atoms. The summed E-state index contributed by atoms with van der Waals surface area (Å²) in [7, 11) is 0. The molecule has 0 aliphatic heterocycles. The van der Waals surface area contributed by atoms with Gasteiger partial charge >= 0.3 is 95.9 Å². The van der Waals surface area contributed by atoms with Gasteiger partial charge in [-0.05, 0) is 0 Å². The Balaban J connectivity index is 6.37. The van der Waals surface area contributed by atoms with Crippen molar-refractivity contribution in [3.63, 3.8) is 0 Å². The van der Waals surface area contributed by atoms with Gasteiger partial charge in [-0.1, -0.05) is 5.04 Å². The highest BCUT2D eigenvalue weighted by atomic mass is 32.2. The first-order chi connectivity index (χ1) is 24.8. The molecule has 1 unspecified atom stereocenters. The van der Waals surface area contributed by atoms with Crippen LogP contribution in [-0.4, -0.2) is 120 Å². The first-order valence-electron chi connectivity index (χ1n) is 12.9. The van der Waals surface area contributed by atoms with Crippen LogP contribution in [0, 0.1) is 5.92 Å². The quantitative estimate of drug-likeness (QED) is 0.0271. The molecule has 36 heteroatoms. The van der Waals surface area contributed by atoms with Crippen LogP contribution in [0.4, 0.5) is 123 Å². The van der Waals surface area contributed by atoms with Gasteiger partial charge in [0.25, 0.3) is 0 Å². The molecule has 0 heterocycles. The molecule has 0 aromatic rings. The molecule has 0 saturated carbocycles. The molecule has 1 N–H and O–H groups in total. The van der Waals surface area contributed by atoms with Crippen LogP contribution in [-0.2, 0) is 28.4 Å². The highest BCUT2D eigenvalue weighted by Gasteiger charge is 2.94. The minimum absolute atomic E-state index is 0.648. The Morgan fingerprint density at radius 3 is 1.11 bits per heavy atom. The van der Waals surface area contributed by atoms with E-state index in [4.69, 9.17) is 5.26 Å². The molecule has 0 amide bonds. The average molecular weight is 940 g/mol. The monoisotopic (exact) mass is 940 g/mol. The topological polar surface area (TPSA) is 91.3 Å². The number of hydrogen-bond acceptors (Lipinski definition) is 8. The average Bonchev–Trinajstić information content (AvgIpc) is 3.04. The van der Waals surface area contributed by atoms with Gasteiger partial charge in [0.15, 0.2) is 13.2 Å².